The summed E-state index contributed by atoms with van der Waals surface area (Å²) in [6.07, 6.45) is 5.29. The van der Waals surface area contributed by atoms with Crippen molar-refractivity contribution in [2.45, 2.75) is 44.2 Å². The van der Waals surface area contributed by atoms with Crippen molar-refractivity contribution < 1.29 is 14.3 Å². The third-order valence-corrected chi connectivity index (χ3v) is 5.62. The lowest BCUT2D eigenvalue weighted by molar-refractivity contribution is -0.136. The number of hydrogen-bond acceptors (Lipinski definition) is 3. The Morgan fingerprint density at radius 1 is 1.32 bits per heavy atom. The van der Waals surface area contributed by atoms with Gasteiger partial charge in [-0.2, -0.15) is 0 Å². The fraction of sp³-hybridized carbons (Fsp3) is 0.500. The Labute approximate surface area is 148 Å². The zero-order valence-electron chi connectivity index (χ0n) is 14.6. The van der Waals surface area contributed by atoms with Gasteiger partial charge in [0.25, 0.3) is 5.91 Å². The minimum absolute atomic E-state index is 0.0813. The zero-order valence-corrected chi connectivity index (χ0v) is 14.6. The first-order chi connectivity index (χ1) is 12.1. The number of nitrogens with zero attached hydrogens (tertiary/aromatic N) is 1. The van der Waals surface area contributed by atoms with Gasteiger partial charge < -0.3 is 15.0 Å². The van der Waals surface area contributed by atoms with Gasteiger partial charge in [0.05, 0.1) is 24.7 Å². The molecule has 1 atom stereocenters. The second-order valence-corrected chi connectivity index (χ2v) is 7.35. The van der Waals surface area contributed by atoms with Crippen LogP contribution in [-0.4, -0.2) is 42.0 Å². The molecule has 25 heavy (non-hydrogen) atoms. The molecule has 1 unspecified atom stereocenters. The van der Waals surface area contributed by atoms with Crippen molar-refractivity contribution in [2.75, 3.05) is 19.7 Å². The molecule has 2 amide bonds. The second-order valence-electron chi connectivity index (χ2n) is 7.35. The maximum Gasteiger partial charge on any atom is 0.252 e. The van der Waals surface area contributed by atoms with Crippen molar-refractivity contribution in [2.24, 2.45) is 0 Å². The Hall–Kier alpha value is -2.14. The van der Waals surface area contributed by atoms with Crippen molar-refractivity contribution in [1.82, 2.24) is 10.2 Å². The van der Waals surface area contributed by atoms with E-state index in [4.69, 9.17) is 4.74 Å². The van der Waals surface area contributed by atoms with Gasteiger partial charge in [0, 0.05) is 18.7 Å². The first kappa shape index (κ1) is 16.3. The number of nitrogens with one attached hydrogen (secondary N) is 1. The molecule has 0 aromatic heterocycles. The number of likely N-dealkylation sites (tertiary alicyclic amines) is 1. The Bertz CT molecular complexity index is 732. The first-order valence-corrected chi connectivity index (χ1v) is 9.06. The zero-order chi connectivity index (χ0) is 17.4. The summed E-state index contributed by atoms with van der Waals surface area (Å²) in [6, 6.07) is 7.30. The average Bonchev–Trinajstić information content (AvgIpc) is 2.92. The Balaban J connectivity index is 1.39. The van der Waals surface area contributed by atoms with Crippen LogP contribution in [0.1, 0.15) is 54.6 Å². The van der Waals surface area contributed by atoms with E-state index in [1.165, 1.54) is 5.57 Å². The van der Waals surface area contributed by atoms with Gasteiger partial charge in [-0.25, -0.2) is 0 Å². The van der Waals surface area contributed by atoms with E-state index in [1.54, 1.807) is 0 Å². The van der Waals surface area contributed by atoms with E-state index in [0.717, 1.165) is 31.4 Å². The van der Waals surface area contributed by atoms with Crippen molar-refractivity contribution in [1.29, 1.82) is 0 Å². The number of ether oxygens (including phenoxy) is 1. The molecule has 1 saturated heterocycles. The lowest BCUT2D eigenvalue weighted by atomic mass is 9.86. The van der Waals surface area contributed by atoms with Gasteiger partial charge >= 0.3 is 0 Å². The molecule has 3 aliphatic heterocycles. The van der Waals surface area contributed by atoms with E-state index in [-0.39, 0.29) is 23.5 Å². The number of rotatable bonds is 2. The molecular weight excluding hydrogens is 316 g/mol. The molecule has 5 nitrogen and oxygen atoms in total. The van der Waals surface area contributed by atoms with Crippen LogP contribution < -0.4 is 5.32 Å². The highest BCUT2D eigenvalue weighted by atomic mass is 16.5. The third-order valence-electron chi connectivity index (χ3n) is 5.62. The molecule has 4 rings (SSSR count). The lowest BCUT2D eigenvalue weighted by Gasteiger charge is -2.42. The minimum atomic E-state index is -0.208. The predicted octanol–water partition coefficient (Wildman–Crippen LogP) is 2.59. The van der Waals surface area contributed by atoms with Gasteiger partial charge in [0.15, 0.2) is 0 Å². The number of piperidine rings is 1. The topological polar surface area (TPSA) is 58.6 Å². The quantitative estimate of drug-likeness (QED) is 0.842. The molecule has 1 spiro atoms. The van der Waals surface area contributed by atoms with E-state index < -0.39 is 0 Å². The number of carbonyl (C=O) groups is 2. The Kier molecular flexibility index (Phi) is 4.12. The van der Waals surface area contributed by atoms with E-state index >= 15 is 0 Å². The van der Waals surface area contributed by atoms with Crippen molar-refractivity contribution >= 4 is 11.8 Å². The van der Waals surface area contributed by atoms with Crippen LogP contribution in [0.25, 0.3) is 0 Å². The maximum atomic E-state index is 12.7. The molecule has 3 aliphatic rings. The van der Waals surface area contributed by atoms with Gasteiger partial charge in [0.2, 0.25) is 5.91 Å². The normalized spacial score (nSPS) is 24.7. The third kappa shape index (κ3) is 3.09. The Morgan fingerprint density at radius 2 is 2.08 bits per heavy atom. The monoisotopic (exact) mass is 340 g/mol. The molecular formula is C20H24N2O3. The molecule has 0 aliphatic carbocycles. The second kappa shape index (κ2) is 6.30. The largest absolute Gasteiger partial charge is 0.370 e. The van der Waals surface area contributed by atoms with Crippen LogP contribution in [0.3, 0.4) is 0 Å². The van der Waals surface area contributed by atoms with Gasteiger partial charge in [0.1, 0.15) is 0 Å². The van der Waals surface area contributed by atoms with Crippen molar-refractivity contribution in [3.63, 3.8) is 0 Å². The number of benzene rings is 1. The predicted molar refractivity (Wildman–Crippen MR) is 94.1 cm³/mol. The number of carbonyl (C=O) groups excluding carboxylic acids is 2. The fourth-order valence-corrected chi connectivity index (χ4v) is 4.19. The molecule has 3 heterocycles. The van der Waals surface area contributed by atoms with Crippen molar-refractivity contribution in [3.05, 3.63) is 47.0 Å². The summed E-state index contributed by atoms with van der Waals surface area (Å²) < 4.78 is 6.03. The first-order valence-electron chi connectivity index (χ1n) is 9.06. The molecule has 1 N–H and O–H groups in total. The summed E-state index contributed by atoms with van der Waals surface area (Å²) in [5.41, 5.74) is 2.83. The molecule has 1 aromatic carbocycles. The summed E-state index contributed by atoms with van der Waals surface area (Å²) >= 11 is 0. The maximum absolute atomic E-state index is 12.7. The number of fused-ring (bicyclic) bond motifs is 1. The summed E-state index contributed by atoms with van der Waals surface area (Å²) in [7, 11) is 0. The average molecular weight is 340 g/mol. The van der Waals surface area contributed by atoms with E-state index in [0.29, 0.717) is 25.1 Å². The van der Waals surface area contributed by atoms with Crippen LogP contribution in [-0.2, 0) is 9.53 Å². The van der Waals surface area contributed by atoms with E-state index in [2.05, 4.69) is 18.3 Å². The summed E-state index contributed by atoms with van der Waals surface area (Å²) in [5, 5.41) is 2.93. The highest BCUT2D eigenvalue weighted by Gasteiger charge is 2.38. The van der Waals surface area contributed by atoms with E-state index in [9.17, 15) is 9.59 Å². The van der Waals surface area contributed by atoms with E-state index in [1.807, 2.05) is 29.2 Å². The summed E-state index contributed by atoms with van der Waals surface area (Å²) in [5.74, 6) is 0.0237. The van der Waals surface area contributed by atoms with Gasteiger partial charge in [-0.15, -0.1) is 0 Å². The van der Waals surface area contributed by atoms with Gasteiger partial charge in [-0.3, -0.25) is 9.59 Å². The van der Waals surface area contributed by atoms with Crippen LogP contribution >= 0.6 is 0 Å². The molecule has 0 radical (unpaired) electrons. The van der Waals surface area contributed by atoms with Crippen LogP contribution in [0.2, 0.25) is 0 Å². The minimum Gasteiger partial charge on any atom is -0.370 e. The SMILES string of the molecule is CC1=CC2(CCN(C(=O)CC3NC(=O)c4ccccc43)CC2)OCC1. The summed E-state index contributed by atoms with van der Waals surface area (Å²) in [4.78, 5) is 26.6. The lowest BCUT2D eigenvalue weighted by Crippen LogP contribution is -2.48. The molecule has 0 saturated carbocycles. The van der Waals surface area contributed by atoms with Crippen LogP contribution in [0.5, 0.6) is 0 Å². The molecule has 132 valence electrons. The highest BCUT2D eigenvalue weighted by Crippen LogP contribution is 2.34. The van der Waals surface area contributed by atoms with Gasteiger partial charge in [-0.05, 0) is 37.8 Å². The molecule has 1 aromatic rings. The fourth-order valence-electron chi connectivity index (χ4n) is 4.19. The Morgan fingerprint density at radius 3 is 2.84 bits per heavy atom. The standard InChI is InChI=1S/C20H24N2O3/c1-14-6-11-25-20(13-14)7-9-22(10-8-20)18(23)12-17-15-4-2-3-5-16(15)19(24)21-17/h2-5,13,17H,6-12H2,1H3,(H,21,24). The van der Waals surface area contributed by atoms with Crippen molar-refractivity contribution in [3.8, 4) is 0 Å². The van der Waals surface area contributed by atoms with Crippen LogP contribution in [0, 0.1) is 0 Å². The van der Waals surface area contributed by atoms with Gasteiger partial charge in [-0.1, -0.05) is 29.8 Å². The van der Waals surface area contributed by atoms with Crippen LogP contribution in [0.4, 0.5) is 0 Å². The van der Waals surface area contributed by atoms with Crippen LogP contribution in [0.15, 0.2) is 35.9 Å². The smallest absolute Gasteiger partial charge is 0.252 e. The highest BCUT2D eigenvalue weighted by molar-refractivity contribution is 5.99. The molecule has 1 fully saturated rings. The number of hydrogen-bond donors (Lipinski definition) is 1. The summed E-state index contributed by atoms with van der Waals surface area (Å²) in [6.45, 7) is 4.36. The molecule has 0 bridgehead atoms. The number of amides is 2. The molecule has 5 heteroatoms.